The molecule has 0 radical (unpaired) electrons. The maximum Gasteiger partial charge on any atom is 0.313 e. The van der Waals surface area contributed by atoms with Crippen LogP contribution in [0.15, 0.2) is 24.3 Å². The third-order valence-electron chi connectivity index (χ3n) is 4.53. The molecule has 0 atom stereocenters. The van der Waals surface area contributed by atoms with Crippen molar-refractivity contribution in [1.82, 2.24) is 5.32 Å². The first-order valence-corrected chi connectivity index (χ1v) is 9.92. The van der Waals surface area contributed by atoms with Gasteiger partial charge in [-0.05, 0) is 30.7 Å². The average molecular weight is 378 g/mol. The number of morpholine rings is 1. The van der Waals surface area contributed by atoms with Crippen LogP contribution in [0.5, 0.6) is 5.75 Å². The molecule has 0 bridgehead atoms. The van der Waals surface area contributed by atoms with Gasteiger partial charge < -0.3 is 25.0 Å². The van der Waals surface area contributed by atoms with Crippen molar-refractivity contribution < 1.29 is 24.0 Å². The lowest BCUT2D eigenvalue weighted by Gasteiger charge is -2.23. The van der Waals surface area contributed by atoms with Crippen molar-refractivity contribution in [3.05, 3.63) is 24.3 Å². The number of carbonyl (C=O) groups excluding carboxylic acids is 2. The Labute approximate surface area is 161 Å². The van der Waals surface area contributed by atoms with Gasteiger partial charge in [0.2, 0.25) is 0 Å². The van der Waals surface area contributed by atoms with E-state index < -0.39 is 11.8 Å². The zero-order valence-electron chi connectivity index (χ0n) is 16.2. The fourth-order valence-electron chi connectivity index (χ4n) is 2.90. The van der Waals surface area contributed by atoms with E-state index >= 15 is 0 Å². The van der Waals surface area contributed by atoms with Crippen LogP contribution >= 0.6 is 0 Å². The van der Waals surface area contributed by atoms with E-state index in [0.717, 1.165) is 64.3 Å². The van der Waals surface area contributed by atoms with E-state index in [-0.39, 0.29) is 0 Å². The smallest absolute Gasteiger partial charge is 0.313 e. The summed E-state index contributed by atoms with van der Waals surface area (Å²) < 4.78 is 10.9. The van der Waals surface area contributed by atoms with E-state index in [1.54, 1.807) is 24.3 Å². The number of benzene rings is 1. The molecule has 2 rings (SSSR count). The van der Waals surface area contributed by atoms with Gasteiger partial charge in [-0.2, -0.15) is 0 Å². The van der Waals surface area contributed by atoms with Crippen molar-refractivity contribution in [2.45, 2.75) is 32.6 Å². The lowest BCUT2D eigenvalue weighted by molar-refractivity contribution is -0.908. The van der Waals surface area contributed by atoms with E-state index in [2.05, 4.69) is 17.6 Å². The number of rotatable bonds is 10. The Kier molecular flexibility index (Phi) is 9.65. The van der Waals surface area contributed by atoms with Crippen LogP contribution in [0.2, 0.25) is 0 Å². The summed E-state index contributed by atoms with van der Waals surface area (Å²) in [5.41, 5.74) is 0.578. The highest BCUT2D eigenvalue weighted by molar-refractivity contribution is 6.39. The Hall–Kier alpha value is -2.12. The molecule has 0 aliphatic carbocycles. The number of hydrogen-bond donors (Lipinski definition) is 3. The van der Waals surface area contributed by atoms with Gasteiger partial charge in [0.05, 0.1) is 26.4 Å². The van der Waals surface area contributed by atoms with Gasteiger partial charge in [0.25, 0.3) is 0 Å². The second kappa shape index (κ2) is 12.3. The fraction of sp³-hybridized carbons (Fsp3) is 0.600. The zero-order valence-corrected chi connectivity index (χ0v) is 16.2. The van der Waals surface area contributed by atoms with Crippen LogP contribution in [-0.4, -0.2) is 57.8 Å². The van der Waals surface area contributed by atoms with Gasteiger partial charge in [-0.3, -0.25) is 9.59 Å². The third-order valence-corrected chi connectivity index (χ3v) is 4.53. The first kappa shape index (κ1) is 21.2. The number of ether oxygens (including phenoxy) is 2. The quantitative estimate of drug-likeness (QED) is 0.412. The first-order chi connectivity index (χ1) is 13.2. The van der Waals surface area contributed by atoms with Gasteiger partial charge in [-0.15, -0.1) is 0 Å². The molecule has 7 heteroatoms. The Bertz CT molecular complexity index is 571. The van der Waals surface area contributed by atoms with E-state index in [4.69, 9.17) is 9.47 Å². The summed E-state index contributed by atoms with van der Waals surface area (Å²) in [7, 11) is 0. The molecular weight excluding hydrogens is 346 g/mol. The van der Waals surface area contributed by atoms with Crippen molar-refractivity contribution in [3.8, 4) is 5.75 Å². The zero-order chi connectivity index (χ0) is 19.3. The number of amides is 2. The molecule has 1 aromatic rings. The largest absolute Gasteiger partial charge is 0.494 e. The van der Waals surface area contributed by atoms with E-state index in [9.17, 15) is 9.59 Å². The number of nitrogens with one attached hydrogen (secondary N) is 3. The number of anilines is 1. The summed E-state index contributed by atoms with van der Waals surface area (Å²) in [4.78, 5) is 25.3. The predicted octanol–water partition coefficient (Wildman–Crippen LogP) is 0.616. The second-order valence-corrected chi connectivity index (χ2v) is 6.76. The van der Waals surface area contributed by atoms with Crippen molar-refractivity contribution in [2.24, 2.45) is 0 Å². The van der Waals surface area contributed by atoms with Gasteiger partial charge in [0, 0.05) is 18.7 Å². The molecule has 7 nitrogen and oxygen atoms in total. The second-order valence-electron chi connectivity index (χ2n) is 6.76. The molecule has 2 amide bonds. The van der Waals surface area contributed by atoms with Crippen LogP contribution in [-0.2, 0) is 14.3 Å². The Morgan fingerprint density at radius 1 is 1.07 bits per heavy atom. The van der Waals surface area contributed by atoms with Crippen molar-refractivity contribution in [2.75, 3.05) is 51.3 Å². The minimum Gasteiger partial charge on any atom is -0.494 e. The predicted molar refractivity (Wildman–Crippen MR) is 104 cm³/mol. The summed E-state index contributed by atoms with van der Waals surface area (Å²) in [5, 5.41) is 5.28. The van der Waals surface area contributed by atoms with Crippen molar-refractivity contribution in [3.63, 3.8) is 0 Å². The Balaban J connectivity index is 1.62. The molecule has 0 saturated carbocycles. The molecule has 27 heavy (non-hydrogen) atoms. The van der Waals surface area contributed by atoms with Crippen molar-refractivity contribution in [1.29, 1.82) is 0 Å². The highest BCUT2D eigenvalue weighted by atomic mass is 16.5. The molecule has 3 N–H and O–H groups in total. The number of carbonyl (C=O) groups is 2. The summed E-state index contributed by atoms with van der Waals surface area (Å²) in [6.45, 7) is 7.93. The standard InChI is InChI=1S/C20H31N3O4/c1-2-3-4-14-27-18-8-6-17(7-9-18)22-20(25)19(24)21-10-5-11-23-12-15-26-16-13-23/h6-9H,2-5,10-16H2,1H3,(H,21,24)(H,22,25)/p+1. The maximum absolute atomic E-state index is 12.0. The SMILES string of the molecule is CCCCCOc1ccc(NC(=O)C(=O)NCCC[NH+]2CCOCC2)cc1. The van der Waals surface area contributed by atoms with Crippen LogP contribution in [0.3, 0.4) is 0 Å². The van der Waals surface area contributed by atoms with Crippen molar-refractivity contribution >= 4 is 17.5 Å². The number of unbranched alkanes of at least 4 members (excludes halogenated alkanes) is 2. The molecule has 1 aliphatic rings. The fourth-order valence-corrected chi connectivity index (χ4v) is 2.90. The maximum atomic E-state index is 12.0. The van der Waals surface area contributed by atoms with Crippen LogP contribution < -0.4 is 20.3 Å². The lowest BCUT2D eigenvalue weighted by atomic mass is 10.2. The van der Waals surface area contributed by atoms with Crippen LogP contribution in [0.4, 0.5) is 5.69 Å². The minimum atomic E-state index is -0.648. The van der Waals surface area contributed by atoms with Crippen LogP contribution in [0.1, 0.15) is 32.6 Å². The average Bonchev–Trinajstić information content (AvgIpc) is 2.70. The molecule has 1 heterocycles. The van der Waals surface area contributed by atoms with Gasteiger partial charge >= 0.3 is 11.8 Å². The van der Waals surface area contributed by atoms with Gasteiger partial charge in [0.15, 0.2) is 0 Å². The summed E-state index contributed by atoms with van der Waals surface area (Å²) in [5.74, 6) is -0.489. The molecule has 0 aromatic heterocycles. The Morgan fingerprint density at radius 2 is 1.81 bits per heavy atom. The monoisotopic (exact) mass is 378 g/mol. The van der Waals surface area contributed by atoms with Gasteiger partial charge in [0.1, 0.15) is 18.8 Å². The molecular formula is C20H32N3O4+. The molecule has 150 valence electrons. The summed E-state index contributed by atoms with van der Waals surface area (Å²) >= 11 is 0. The normalized spacial score (nSPS) is 14.6. The number of quaternary nitrogens is 1. The topological polar surface area (TPSA) is 81.1 Å². The molecule has 1 fully saturated rings. The Morgan fingerprint density at radius 3 is 2.52 bits per heavy atom. The van der Waals surface area contributed by atoms with Crippen LogP contribution in [0, 0.1) is 0 Å². The molecule has 0 spiro atoms. The van der Waals surface area contributed by atoms with Gasteiger partial charge in [-0.1, -0.05) is 19.8 Å². The summed E-state index contributed by atoms with van der Waals surface area (Å²) in [6.07, 6.45) is 4.18. The third kappa shape index (κ3) is 8.41. The molecule has 1 aromatic carbocycles. The minimum absolute atomic E-state index is 0.501. The highest BCUT2D eigenvalue weighted by Gasteiger charge is 2.15. The van der Waals surface area contributed by atoms with Crippen LogP contribution in [0.25, 0.3) is 0 Å². The first-order valence-electron chi connectivity index (χ1n) is 9.92. The summed E-state index contributed by atoms with van der Waals surface area (Å²) in [6, 6.07) is 7.07. The van der Waals surface area contributed by atoms with E-state index in [1.807, 2.05) is 0 Å². The lowest BCUT2D eigenvalue weighted by Crippen LogP contribution is -3.14. The van der Waals surface area contributed by atoms with E-state index in [1.165, 1.54) is 4.90 Å². The number of hydrogen-bond acceptors (Lipinski definition) is 4. The molecule has 1 aliphatic heterocycles. The van der Waals surface area contributed by atoms with E-state index in [0.29, 0.717) is 18.8 Å². The molecule has 1 saturated heterocycles. The van der Waals surface area contributed by atoms with Gasteiger partial charge in [-0.25, -0.2) is 0 Å². The molecule has 0 unspecified atom stereocenters. The highest BCUT2D eigenvalue weighted by Crippen LogP contribution is 2.16.